The van der Waals surface area contributed by atoms with Crippen molar-refractivity contribution in [2.45, 2.75) is 13.8 Å². The molecule has 4 nitrogen and oxygen atoms in total. The molecule has 2 aromatic rings. The lowest BCUT2D eigenvalue weighted by molar-refractivity contribution is 0.102. The number of hydrogen-bond acceptors (Lipinski definition) is 4. The molecule has 3 N–H and O–H groups in total. The molecule has 102 valence electrons. The van der Waals surface area contributed by atoms with Crippen molar-refractivity contribution < 1.29 is 4.79 Å². The number of carbonyl (C=O) groups is 1. The normalized spacial score (nSPS) is 9.75. The lowest BCUT2D eigenvalue weighted by Crippen LogP contribution is -2.12. The number of nitrogens with one attached hydrogen (secondary N) is 1. The summed E-state index contributed by atoms with van der Waals surface area (Å²) in [5, 5.41) is 3.38. The van der Waals surface area contributed by atoms with Crippen LogP contribution >= 0.6 is 11.3 Å². The maximum absolute atomic E-state index is 12.1. The van der Waals surface area contributed by atoms with Gasteiger partial charge in [-0.25, -0.2) is 4.98 Å². The number of aromatic nitrogens is 1. The number of hydrogen-bond donors (Lipinski definition) is 2. The predicted octanol–water partition coefficient (Wildman–Crippen LogP) is 2.32. The average molecular weight is 285 g/mol. The van der Waals surface area contributed by atoms with Crippen LogP contribution in [0.2, 0.25) is 0 Å². The summed E-state index contributed by atoms with van der Waals surface area (Å²) in [5.41, 5.74) is 7.77. The van der Waals surface area contributed by atoms with Gasteiger partial charge in [0.25, 0.3) is 5.91 Å². The first-order valence-corrected chi connectivity index (χ1v) is 6.95. The fourth-order valence-corrected chi connectivity index (χ4v) is 2.29. The van der Waals surface area contributed by atoms with Gasteiger partial charge in [0.05, 0.1) is 6.54 Å². The van der Waals surface area contributed by atoms with Gasteiger partial charge in [-0.1, -0.05) is 17.9 Å². The molecule has 1 aromatic carbocycles. The largest absolute Gasteiger partial charge is 0.320 e. The van der Waals surface area contributed by atoms with Crippen LogP contribution < -0.4 is 11.1 Å². The highest BCUT2D eigenvalue weighted by atomic mass is 32.1. The van der Waals surface area contributed by atoms with Crippen molar-refractivity contribution >= 4 is 22.4 Å². The maximum Gasteiger partial charge on any atom is 0.257 e. The summed E-state index contributed by atoms with van der Waals surface area (Å²) in [6.07, 6.45) is 1.73. The highest BCUT2D eigenvalue weighted by molar-refractivity contribution is 7.15. The minimum absolute atomic E-state index is 0.185. The third-order valence-electron chi connectivity index (χ3n) is 2.67. The molecule has 0 saturated heterocycles. The van der Waals surface area contributed by atoms with Crippen LogP contribution in [-0.2, 0) is 0 Å². The SMILES string of the molecule is Cc1cnc(NC(=O)c2ccc(C)c(C#CCN)c2)s1. The van der Waals surface area contributed by atoms with Gasteiger partial charge in [0.2, 0.25) is 0 Å². The standard InChI is InChI=1S/C15H15N3OS/c1-10-5-6-13(8-12(10)4-3-7-16)14(19)18-15-17-9-11(2)20-15/h5-6,8-9H,7,16H2,1-2H3,(H,17,18,19). The van der Waals surface area contributed by atoms with Crippen molar-refractivity contribution in [3.8, 4) is 11.8 Å². The Kier molecular flexibility index (Phi) is 4.51. The Hall–Kier alpha value is -2.16. The van der Waals surface area contributed by atoms with Crippen LogP contribution in [0, 0.1) is 25.7 Å². The van der Waals surface area contributed by atoms with Crippen LogP contribution in [-0.4, -0.2) is 17.4 Å². The van der Waals surface area contributed by atoms with E-state index in [2.05, 4.69) is 22.1 Å². The molecule has 1 aromatic heterocycles. The van der Waals surface area contributed by atoms with E-state index >= 15 is 0 Å². The topological polar surface area (TPSA) is 68.0 Å². The first kappa shape index (κ1) is 14.3. The fraction of sp³-hybridized carbons (Fsp3) is 0.200. The second kappa shape index (κ2) is 6.33. The van der Waals surface area contributed by atoms with E-state index in [1.807, 2.05) is 19.9 Å². The van der Waals surface area contributed by atoms with Crippen molar-refractivity contribution in [2.24, 2.45) is 5.73 Å². The average Bonchev–Trinajstić information content (AvgIpc) is 2.83. The highest BCUT2D eigenvalue weighted by Gasteiger charge is 2.09. The number of nitrogens with two attached hydrogens (primary N) is 1. The molecule has 0 atom stereocenters. The maximum atomic E-state index is 12.1. The number of benzene rings is 1. The second-order valence-corrected chi connectivity index (χ2v) is 5.50. The Morgan fingerprint density at radius 3 is 2.90 bits per heavy atom. The summed E-state index contributed by atoms with van der Waals surface area (Å²) in [6.45, 7) is 4.19. The highest BCUT2D eigenvalue weighted by Crippen LogP contribution is 2.18. The Labute approximate surface area is 122 Å². The molecule has 2 rings (SSSR count). The van der Waals surface area contributed by atoms with Crippen LogP contribution in [0.4, 0.5) is 5.13 Å². The number of anilines is 1. The van der Waals surface area contributed by atoms with Gasteiger partial charge in [-0.15, -0.1) is 11.3 Å². The van der Waals surface area contributed by atoms with Crippen molar-refractivity contribution in [1.29, 1.82) is 0 Å². The number of amides is 1. The Morgan fingerprint density at radius 1 is 1.45 bits per heavy atom. The van der Waals surface area contributed by atoms with Gasteiger partial charge in [0.15, 0.2) is 5.13 Å². The molecule has 0 unspecified atom stereocenters. The van der Waals surface area contributed by atoms with Crippen molar-refractivity contribution in [2.75, 3.05) is 11.9 Å². The molecule has 1 amide bonds. The number of thiazole rings is 1. The fourth-order valence-electron chi connectivity index (χ4n) is 1.63. The summed E-state index contributed by atoms with van der Waals surface area (Å²) >= 11 is 1.44. The molecule has 1 heterocycles. The van der Waals surface area contributed by atoms with E-state index < -0.39 is 0 Å². The van der Waals surface area contributed by atoms with Crippen LogP contribution in [0.1, 0.15) is 26.4 Å². The minimum Gasteiger partial charge on any atom is -0.320 e. The molecule has 0 aliphatic carbocycles. The van der Waals surface area contributed by atoms with Crippen LogP contribution in [0.15, 0.2) is 24.4 Å². The molecule has 0 bridgehead atoms. The molecule has 0 fully saturated rings. The first-order valence-electron chi connectivity index (χ1n) is 6.13. The van der Waals surface area contributed by atoms with Crippen LogP contribution in [0.3, 0.4) is 0 Å². The molecule has 0 radical (unpaired) electrons. The third kappa shape index (κ3) is 3.44. The summed E-state index contributed by atoms with van der Waals surface area (Å²) in [4.78, 5) is 17.3. The summed E-state index contributed by atoms with van der Waals surface area (Å²) in [6, 6.07) is 5.43. The number of rotatable bonds is 2. The molecular formula is C15H15N3OS. The van der Waals surface area contributed by atoms with Crippen LogP contribution in [0.5, 0.6) is 0 Å². The van der Waals surface area contributed by atoms with Gasteiger partial charge in [-0.05, 0) is 31.5 Å². The smallest absolute Gasteiger partial charge is 0.257 e. The van der Waals surface area contributed by atoms with E-state index in [0.717, 1.165) is 16.0 Å². The minimum atomic E-state index is -0.185. The Bertz CT molecular complexity index is 695. The molecule has 5 heteroatoms. The zero-order valence-corrected chi connectivity index (χ0v) is 12.2. The zero-order valence-electron chi connectivity index (χ0n) is 11.4. The van der Waals surface area contributed by atoms with Crippen molar-refractivity contribution in [3.05, 3.63) is 46.0 Å². The van der Waals surface area contributed by atoms with Gasteiger partial charge in [-0.3, -0.25) is 10.1 Å². The van der Waals surface area contributed by atoms with Gasteiger partial charge in [0, 0.05) is 22.2 Å². The van der Waals surface area contributed by atoms with Crippen molar-refractivity contribution in [1.82, 2.24) is 4.98 Å². The summed E-state index contributed by atoms with van der Waals surface area (Å²) in [5.74, 6) is 5.58. The zero-order chi connectivity index (χ0) is 14.5. The molecular weight excluding hydrogens is 270 g/mol. The van der Waals surface area contributed by atoms with Crippen LogP contribution in [0.25, 0.3) is 0 Å². The summed E-state index contributed by atoms with van der Waals surface area (Å²) < 4.78 is 0. The third-order valence-corrected chi connectivity index (χ3v) is 3.49. The summed E-state index contributed by atoms with van der Waals surface area (Å²) in [7, 11) is 0. The van der Waals surface area contributed by atoms with E-state index in [0.29, 0.717) is 17.2 Å². The Morgan fingerprint density at radius 2 is 2.25 bits per heavy atom. The van der Waals surface area contributed by atoms with Crippen molar-refractivity contribution in [3.63, 3.8) is 0 Å². The Balaban J connectivity index is 2.22. The van der Waals surface area contributed by atoms with E-state index in [4.69, 9.17) is 5.73 Å². The van der Waals surface area contributed by atoms with Gasteiger partial charge in [0.1, 0.15) is 0 Å². The predicted molar refractivity (Wildman–Crippen MR) is 81.9 cm³/mol. The van der Waals surface area contributed by atoms with E-state index in [-0.39, 0.29) is 5.91 Å². The number of aryl methyl sites for hydroxylation is 2. The molecule has 0 saturated carbocycles. The number of carbonyl (C=O) groups excluding carboxylic acids is 1. The lowest BCUT2D eigenvalue weighted by Gasteiger charge is -2.04. The second-order valence-electron chi connectivity index (χ2n) is 4.27. The molecule has 0 aliphatic rings. The quantitative estimate of drug-likeness (QED) is 0.832. The number of nitrogens with zero attached hydrogens (tertiary/aromatic N) is 1. The van der Waals surface area contributed by atoms with E-state index in [1.54, 1.807) is 18.3 Å². The molecule has 0 spiro atoms. The van der Waals surface area contributed by atoms with Gasteiger partial charge >= 0.3 is 0 Å². The van der Waals surface area contributed by atoms with E-state index in [9.17, 15) is 4.79 Å². The molecule has 0 aliphatic heterocycles. The van der Waals surface area contributed by atoms with Gasteiger partial charge in [-0.2, -0.15) is 0 Å². The molecule has 20 heavy (non-hydrogen) atoms. The first-order chi connectivity index (χ1) is 9.60. The van der Waals surface area contributed by atoms with E-state index in [1.165, 1.54) is 11.3 Å². The monoisotopic (exact) mass is 285 g/mol. The lowest BCUT2D eigenvalue weighted by atomic mass is 10.0. The van der Waals surface area contributed by atoms with Gasteiger partial charge < -0.3 is 5.73 Å².